The Morgan fingerprint density at radius 2 is 2.14 bits per heavy atom. The van der Waals surface area contributed by atoms with Crippen molar-refractivity contribution in [3.63, 3.8) is 0 Å². The van der Waals surface area contributed by atoms with Gasteiger partial charge < -0.3 is 10.1 Å². The van der Waals surface area contributed by atoms with Gasteiger partial charge in [-0.15, -0.1) is 11.3 Å². The number of ether oxygens (including phenoxy) is 1. The summed E-state index contributed by atoms with van der Waals surface area (Å²) in [5.41, 5.74) is 4.03. The van der Waals surface area contributed by atoms with Gasteiger partial charge in [0.05, 0.1) is 25.4 Å². The molecular formula is C18H18N6O3S. The number of esters is 1. The minimum Gasteiger partial charge on any atom is -0.469 e. The minimum atomic E-state index is -0.379. The van der Waals surface area contributed by atoms with Gasteiger partial charge in [-0.3, -0.25) is 9.59 Å². The molecular weight excluding hydrogens is 380 g/mol. The number of thiazole rings is 1. The third-order valence-corrected chi connectivity index (χ3v) is 5.09. The third kappa shape index (κ3) is 3.99. The van der Waals surface area contributed by atoms with Crippen LogP contribution >= 0.6 is 11.3 Å². The number of aromatic nitrogens is 4. The Morgan fingerprint density at radius 1 is 1.36 bits per heavy atom. The molecule has 9 nitrogen and oxygen atoms in total. The maximum absolute atomic E-state index is 12.3. The number of carbonyl (C=O) groups is 2. The van der Waals surface area contributed by atoms with Gasteiger partial charge in [0, 0.05) is 23.2 Å². The molecule has 0 spiro atoms. The van der Waals surface area contributed by atoms with E-state index < -0.39 is 0 Å². The second-order valence-corrected chi connectivity index (χ2v) is 6.97. The molecule has 0 radical (unpaired) electrons. The van der Waals surface area contributed by atoms with E-state index in [4.69, 9.17) is 5.26 Å². The highest BCUT2D eigenvalue weighted by atomic mass is 32.1. The lowest BCUT2D eigenvalue weighted by Gasteiger charge is -2.10. The monoisotopic (exact) mass is 398 g/mol. The van der Waals surface area contributed by atoms with Crippen molar-refractivity contribution >= 4 is 34.0 Å². The Kier molecular flexibility index (Phi) is 5.65. The number of nitrogens with zero attached hydrogens (tertiary/aromatic N) is 5. The van der Waals surface area contributed by atoms with Gasteiger partial charge in [-0.2, -0.15) is 10.4 Å². The van der Waals surface area contributed by atoms with Gasteiger partial charge in [0.15, 0.2) is 10.8 Å². The molecule has 0 aromatic carbocycles. The van der Waals surface area contributed by atoms with E-state index >= 15 is 0 Å². The molecule has 3 aromatic heterocycles. The van der Waals surface area contributed by atoms with Crippen LogP contribution in [0.2, 0.25) is 0 Å². The number of hydrogen-bond donors (Lipinski definition) is 1. The number of amides is 1. The fraction of sp³-hybridized carbons (Fsp3) is 0.333. The molecule has 0 aliphatic carbocycles. The van der Waals surface area contributed by atoms with Gasteiger partial charge in [0.25, 0.3) is 0 Å². The second-order valence-electron chi connectivity index (χ2n) is 6.11. The van der Waals surface area contributed by atoms with Crippen LogP contribution in [0.1, 0.15) is 34.6 Å². The Morgan fingerprint density at radius 3 is 2.86 bits per heavy atom. The first-order valence-electron chi connectivity index (χ1n) is 8.48. The average Bonchev–Trinajstić information content (AvgIpc) is 3.27. The van der Waals surface area contributed by atoms with Crippen molar-refractivity contribution in [1.29, 1.82) is 5.26 Å². The molecule has 0 bridgehead atoms. The molecule has 28 heavy (non-hydrogen) atoms. The summed E-state index contributed by atoms with van der Waals surface area (Å²) in [5, 5.41) is 18.2. The smallest absolute Gasteiger partial charge is 0.311 e. The van der Waals surface area contributed by atoms with Crippen LogP contribution in [0.5, 0.6) is 0 Å². The normalized spacial score (nSPS) is 10.6. The topological polar surface area (TPSA) is 122 Å². The second kappa shape index (κ2) is 8.14. The van der Waals surface area contributed by atoms with Crippen molar-refractivity contribution in [2.24, 2.45) is 0 Å². The zero-order chi connectivity index (χ0) is 20.3. The SMILES string of the molecule is COC(=O)Cc1csc(NC(=O)CCc2c(C)nc3c(C#N)cnn3c2C)n1. The largest absolute Gasteiger partial charge is 0.469 e. The number of nitrogens with one attached hydrogen (secondary N) is 1. The van der Waals surface area contributed by atoms with Gasteiger partial charge in [-0.05, 0) is 25.8 Å². The van der Waals surface area contributed by atoms with E-state index in [0.29, 0.717) is 28.5 Å². The highest BCUT2D eigenvalue weighted by molar-refractivity contribution is 7.13. The number of aryl methyl sites for hydroxylation is 2. The van der Waals surface area contributed by atoms with Gasteiger partial charge in [0.1, 0.15) is 11.6 Å². The fourth-order valence-electron chi connectivity index (χ4n) is 2.84. The van der Waals surface area contributed by atoms with Crippen LogP contribution in [0.25, 0.3) is 5.65 Å². The Hall–Kier alpha value is -3.32. The molecule has 0 aliphatic rings. The van der Waals surface area contributed by atoms with E-state index in [1.54, 1.807) is 9.90 Å². The van der Waals surface area contributed by atoms with Crippen LogP contribution in [-0.2, 0) is 27.2 Å². The van der Waals surface area contributed by atoms with E-state index in [2.05, 4.69) is 31.2 Å². The summed E-state index contributed by atoms with van der Waals surface area (Å²) in [6, 6.07) is 2.07. The Labute approximate surface area is 165 Å². The molecule has 1 amide bonds. The predicted octanol–water partition coefficient (Wildman–Crippen LogP) is 1.96. The van der Waals surface area contributed by atoms with E-state index in [-0.39, 0.29) is 24.7 Å². The summed E-state index contributed by atoms with van der Waals surface area (Å²) in [7, 11) is 1.32. The summed E-state index contributed by atoms with van der Waals surface area (Å²) in [4.78, 5) is 32.2. The molecule has 3 heterocycles. The third-order valence-electron chi connectivity index (χ3n) is 4.28. The maximum atomic E-state index is 12.3. The molecule has 0 saturated heterocycles. The van der Waals surface area contributed by atoms with Crippen molar-refractivity contribution in [1.82, 2.24) is 19.6 Å². The highest BCUT2D eigenvalue weighted by Gasteiger charge is 2.15. The molecule has 10 heteroatoms. The van der Waals surface area contributed by atoms with Crippen LogP contribution in [0, 0.1) is 25.2 Å². The number of anilines is 1. The van der Waals surface area contributed by atoms with E-state index in [1.165, 1.54) is 24.6 Å². The lowest BCUT2D eigenvalue weighted by atomic mass is 10.1. The average molecular weight is 398 g/mol. The first-order chi connectivity index (χ1) is 13.4. The summed E-state index contributed by atoms with van der Waals surface area (Å²) in [6.07, 6.45) is 2.28. The van der Waals surface area contributed by atoms with Crippen LogP contribution in [0.15, 0.2) is 11.6 Å². The van der Waals surface area contributed by atoms with Crippen LogP contribution in [0.3, 0.4) is 0 Å². The quantitative estimate of drug-likeness (QED) is 0.630. The lowest BCUT2D eigenvalue weighted by molar-refractivity contribution is -0.139. The fourth-order valence-corrected chi connectivity index (χ4v) is 3.56. The van der Waals surface area contributed by atoms with Gasteiger partial charge in [-0.25, -0.2) is 14.5 Å². The number of fused-ring (bicyclic) bond motifs is 1. The number of rotatable bonds is 6. The molecule has 0 aliphatic heterocycles. The molecule has 0 fully saturated rings. The molecule has 3 aromatic rings. The number of methoxy groups -OCH3 is 1. The molecule has 144 valence electrons. The summed E-state index contributed by atoms with van der Waals surface area (Å²) in [5.74, 6) is -0.564. The van der Waals surface area contributed by atoms with Gasteiger partial charge >= 0.3 is 5.97 Å². The predicted molar refractivity (Wildman–Crippen MR) is 102 cm³/mol. The molecule has 3 rings (SSSR count). The van der Waals surface area contributed by atoms with Crippen LogP contribution in [-0.4, -0.2) is 38.6 Å². The van der Waals surface area contributed by atoms with Crippen LogP contribution in [0.4, 0.5) is 5.13 Å². The van der Waals surface area contributed by atoms with Crippen molar-refractivity contribution < 1.29 is 14.3 Å². The minimum absolute atomic E-state index is 0.0709. The van der Waals surface area contributed by atoms with Crippen LogP contribution < -0.4 is 5.32 Å². The summed E-state index contributed by atoms with van der Waals surface area (Å²) in [6.45, 7) is 3.75. The van der Waals surface area contributed by atoms with Gasteiger partial charge in [0.2, 0.25) is 5.91 Å². The first-order valence-corrected chi connectivity index (χ1v) is 9.36. The van der Waals surface area contributed by atoms with Crippen molar-refractivity contribution in [3.05, 3.63) is 39.8 Å². The van der Waals surface area contributed by atoms with Gasteiger partial charge in [-0.1, -0.05) is 0 Å². The lowest BCUT2D eigenvalue weighted by Crippen LogP contribution is -2.14. The summed E-state index contributed by atoms with van der Waals surface area (Å²) < 4.78 is 6.22. The molecule has 0 unspecified atom stereocenters. The standard InChI is InChI=1S/C18H18N6O3S/c1-10-14(11(2)24-17(21-10)12(7-19)8-20-24)4-5-15(25)23-18-22-13(9-28-18)6-16(26)27-3/h8-9H,4-6H2,1-3H3,(H,22,23,25). The highest BCUT2D eigenvalue weighted by Crippen LogP contribution is 2.20. The van der Waals surface area contributed by atoms with Crippen molar-refractivity contribution in [2.75, 3.05) is 12.4 Å². The summed E-state index contributed by atoms with van der Waals surface area (Å²) >= 11 is 1.26. The number of carbonyl (C=O) groups excluding carboxylic acids is 2. The zero-order valence-corrected chi connectivity index (χ0v) is 16.5. The van der Waals surface area contributed by atoms with E-state index in [0.717, 1.165) is 17.0 Å². The molecule has 0 atom stereocenters. The Balaban J connectivity index is 1.66. The Bertz CT molecular complexity index is 1090. The molecule has 1 N–H and O–H groups in total. The number of nitriles is 1. The van der Waals surface area contributed by atoms with E-state index in [1.807, 2.05) is 13.8 Å². The number of hydrogen-bond acceptors (Lipinski definition) is 8. The zero-order valence-electron chi connectivity index (χ0n) is 15.6. The van der Waals surface area contributed by atoms with Crippen molar-refractivity contribution in [2.45, 2.75) is 33.1 Å². The van der Waals surface area contributed by atoms with Crippen molar-refractivity contribution in [3.8, 4) is 6.07 Å². The molecule has 0 saturated carbocycles. The first kappa shape index (κ1) is 19.4. The van der Waals surface area contributed by atoms with E-state index in [9.17, 15) is 9.59 Å². The maximum Gasteiger partial charge on any atom is 0.311 e.